The van der Waals surface area contributed by atoms with E-state index in [1.165, 1.54) is 0 Å². The molecule has 0 saturated heterocycles. The quantitative estimate of drug-likeness (QED) is 0.504. The van der Waals surface area contributed by atoms with E-state index in [1.807, 2.05) is 0 Å². The lowest BCUT2D eigenvalue weighted by Gasteiger charge is -2.04. The Labute approximate surface area is 50.3 Å². The third kappa shape index (κ3) is 1.03. The number of hydrogen-bond acceptors (Lipinski definition) is 1. The molecule has 0 spiro atoms. The third-order valence-corrected chi connectivity index (χ3v) is 1.38. The Hall–Kier alpha value is -0.460. The monoisotopic (exact) mass is 112 g/mol. The first kappa shape index (κ1) is 5.67. The summed E-state index contributed by atoms with van der Waals surface area (Å²) < 4.78 is 5.37. The molecule has 1 atom stereocenters. The zero-order chi connectivity index (χ0) is 5.98. The lowest BCUT2D eigenvalue weighted by molar-refractivity contribution is 0.154. The van der Waals surface area contributed by atoms with Crippen LogP contribution in [0.4, 0.5) is 0 Å². The highest BCUT2D eigenvalue weighted by Gasteiger charge is 2.09. The molecule has 0 saturated carbocycles. The maximum absolute atomic E-state index is 5.37. The first-order valence-electron chi connectivity index (χ1n) is 3.18. The van der Waals surface area contributed by atoms with Gasteiger partial charge in [-0.25, -0.2) is 0 Å². The van der Waals surface area contributed by atoms with E-state index in [0.29, 0.717) is 6.10 Å². The van der Waals surface area contributed by atoms with Crippen molar-refractivity contribution in [2.45, 2.75) is 32.8 Å². The van der Waals surface area contributed by atoms with Gasteiger partial charge in [-0.05, 0) is 13.0 Å². The van der Waals surface area contributed by atoms with E-state index >= 15 is 0 Å². The first-order valence-corrected chi connectivity index (χ1v) is 3.18. The summed E-state index contributed by atoms with van der Waals surface area (Å²) in [6.07, 6.45) is 4.75. The van der Waals surface area contributed by atoms with Crippen molar-refractivity contribution in [1.29, 1.82) is 0 Å². The summed E-state index contributed by atoms with van der Waals surface area (Å²) in [7, 11) is 0. The SMILES string of the molecule is CCC1=CC[C@H](C)O1. The van der Waals surface area contributed by atoms with Gasteiger partial charge in [-0.15, -0.1) is 0 Å². The summed E-state index contributed by atoms with van der Waals surface area (Å²) in [5, 5.41) is 0. The van der Waals surface area contributed by atoms with Crippen LogP contribution in [0.3, 0.4) is 0 Å². The Bertz CT molecular complexity index is 105. The van der Waals surface area contributed by atoms with Crippen LogP contribution in [0.5, 0.6) is 0 Å². The summed E-state index contributed by atoms with van der Waals surface area (Å²) in [5.74, 6) is 1.16. The van der Waals surface area contributed by atoms with Crippen LogP contribution in [0.15, 0.2) is 11.8 Å². The lowest BCUT2D eigenvalue weighted by atomic mass is 10.3. The van der Waals surface area contributed by atoms with Crippen LogP contribution in [-0.4, -0.2) is 6.10 Å². The van der Waals surface area contributed by atoms with E-state index in [4.69, 9.17) is 4.74 Å². The Morgan fingerprint density at radius 2 is 2.62 bits per heavy atom. The Morgan fingerprint density at radius 1 is 1.88 bits per heavy atom. The fourth-order valence-electron chi connectivity index (χ4n) is 0.880. The molecular formula is C7H12O. The average Bonchev–Trinajstić information content (AvgIpc) is 2.14. The largest absolute Gasteiger partial charge is 0.495 e. The molecule has 0 unspecified atom stereocenters. The highest BCUT2D eigenvalue weighted by atomic mass is 16.5. The predicted octanol–water partition coefficient (Wildman–Crippen LogP) is 2.09. The van der Waals surface area contributed by atoms with Crippen molar-refractivity contribution in [2.75, 3.05) is 0 Å². The molecule has 1 rings (SSSR count). The van der Waals surface area contributed by atoms with Crippen LogP contribution in [0.2, 0.25) is 0 Å². The number of hydrogen-bond donors (Lipinski definition) is 0. The Morgan fingerprint density at radius 3 is 2.88 bits per heavy atom. The van der Waals surface area contributed by atoms with Gasteiger partial charge in [0.15, 0.2) is 0 Å². The molecule has 46 valence electrons. The van der Waals surface area contributed by atoms with E-state index in [0.717, 1.165) is 18.6 Å². The molecule has 0 radical (unpaired) electrons. The minimum atomic E-state index is 0.435. The van der Waals surface area contributed by atoms with Crippen LogP contribution < -0.4 is 0 Å². The molecule has 1 heterocycles. The van der Waals surface area contributed by atoms with Crippen molar-refractivity contribution in [1.82, 2.24) is 0 Å². The van der Waals surface area contributed by atoms with Gasteiger partial charge in [0.1, 0.15) is 0 Å². The smallest absolute Gasteiger partial charge is 0.0989 e. The molecule has 0 aliphatic carbocycles. The van der Waals surface area contributed by atoms with Gasteiger partial charge in [0.2, 0.25) is 0 Å². The summed E-state index contributed by atoms with van der Waals surface area (Å²) >= 11 is 0. The second-order valence-electron chi connectivity index (χ2n) is 2.19. The van der Waals surface area contributed by atoms with E-state index in [1.54, 1.807) is 0 Å². The van der Waals surface area contributed by atoms with Crippen LogP contribution in [0.1, 0.15) is 26.7 Å². The van der Waals surface area contributed by atoms with E-state index in [-0.39, 0.29) is 0 Å². The summed E-state index contributed by atoms with van der Waals surface area (Å²) in [4.78, 5) is 0. The highest BCUT2D eigenvalue weighted by molar-refractivity contribution is 4.99. The van der Waals surface area contributed by atoms with Crippen molar-refractivity contribution in [3.8, 4) is 0 Å². The molecule has 1 aliphatic rings. The Kier molecular flexibility index (Phi) is 1.56. The molecule has 1 aliphatic heterocycles. The van der Waals surface area contributed by atoms with Crippen molar-refractivity contribution in [3.63, 3.8) is 0 Å². The topological polar surface area (TPSA) is 9.23 Å². The molecule has 0 aromatic rings. The molecule has 1 heteroatoms. The third-order valence-electron chi connectivity index (χ3n) is 1.38. The molecule has 1 nitrogen and oxygen atoms in total. The first-order chi connectivity index (χ1) is 3.83. The molecular weight excluding hydrogens is 100 g/mol. The van der Waals surface area contributed by atoms with Crippen molar-refractivity contribution >= 4 is 0 Å². The van der Waals surface area contributed by atoms with Gasteiger partial charge >= 0.3 is 0 Å². The standard InChI is InChI=1S/C7H12O/c1-3-7-5-4-6(2)8-7/h5-6H,3-4H2,1-2H3/t6-/m0/s1. The van der Waals surface area contributed by atoms with Gasteiger partial charge in [-0.2, -0.15) is 0 Å². The van der Waals surface area contributed by atoms with Gasteiger partial charge in [0, 0.05) is 12.8 Å². The fraction of sp³-hybridized carbons (Fsp3) is 0.714. The summed E-state index contributed by atoms with van der Waals surface area (Å²) in [6, 6.07) is 0. The Balaban J connectivity index is 2.37. The number of rotatable bonds is 1. The van der Waals surface area contributed by atoms with Gasteiger partial charge in [0.05, 0.1) is 11.9 Å². The zero-order valence-corrected chi connectivity index (χ0v) is 5.48. The van der Waals surface area contributed by atoms with E-state index < -0.39 is 0 Å². The van der Waals surface area contributed by atoms with Gasteiger partial charge in [0.25, 0.3) is 0 Å². The van der Waals surface area contributed by atoms with Gasteiger partial charge < -0.3 is 4.74 Å². The van der Waals surface area contributed by atoms with Gasteiger partial charge in [-0.3, -0.25) is 0 Å². The zero-order valence-electron chi connectivity index (χ0n) is 5.48. The molecule has 8 heavy (non-hydrogen) atoms. The normalized spacial score (nSPS) is 27.2. The fourth-order valence-corrected chi connectivity index (χ4v) is 0.880. The predicted molar refractivity (Wildman–Crippen MR) is 33.5 cm³/mol. The molecule has 0 bridgehead atoms. The minimum absolute atomic E-state index is 0.435. The van der Waals surface area contributed by atoms with Crippen LogP contribution >= 0.6 is 0 Å². The highest BCUT2D eigenvalue weighted by Crippen LogP contribution is 2.17. The van der Waals surface area contributed by atoms with E-state index in [2.05, 4.69) is 19.9 Å². The van der Waals surface area contributed by atoms with Crippen LogP contribution in [0.25, 0.3) is 0 Å². The molecule has 0 N–H and O–H groups in total. The maximum atomic E-state index is 5.37. The van der Waals surface area contributed by atoms with E-state index in [9.17, 15) is 0 Å². The second kappa shape index (κ2) is 2.21. The average molecular weight is 112 g/mol. The number of allylic oxidation sites excluding steroid dienone is 1. The molecule has 0 aromatic carbocycles. The maximum Gasteiger partial charge on any atom is 0.0989 e. The summed E-state index contributed by atoms with van der Waals surface area (Å²) in [6.45, 7) is 4.21. The van der Waals surface area contributed by atoms with Gasteiger partial charge in [-0.1, -0.05) is 6.92 Å². The minimum Gasteiger partial charge on any atom is -0.495 e. The number of ether oxygens (including phenoxy) is 1. The van der Waals surface area contributed by atoms with Crippen molar-refractivity contribution < 1.29 is 4.74 Å². The molecule has 0 amide bonds. The second-order valence-corrected chi connectivity index (χ2v) is 2.19. The molecule has 0 fully saturated rings. The van der Waals surface area contributed by atoms with Crippen molar-refractivity contribution in [2.24, 2.45) is 0 Å². The summed E-state index contributed by atoms with van der Waals surface area (Å²) in [5.41, 5.74) is 0. The van der Waals surface area contributed by atoms with Crippen molar-refractivity contribution in [3.05, 3.63) is 11.8 Å². The van der Waals surface area contributed by atoms with Crippen LogP contribution in [-0.2, 0) is 4.74 Å². The lowest BCUT2D eigenvalue weighted by Crippen LogP contribution is -1.97. The molecule has 0 aromatic heterocycles. The van der Waals surface area contributed by atoms with Crippen LogP contribution in [0, 0.1) is 0 Å².